The van der Waals surface area contributed by atoms with E-state index in [2.05, 4.69) is 17.0 Å². The Morgan fingerprint density at radius 2 is 1.54 bits per heavy atom. The second-order valence-corrected chi connectivity index (χ2v) is 6.34. The van der Waals surface area contributed by atoms with Gasteiger partial charge in [0.15, 0.2) is 0 Å². The Labute approximate surface area is 164 Å². The molecule has 0 spiro atoms. The first-order chi connectivity index (χ1) is 13.6. The molecule has 0 aromatic heterocycles. The summed E-state index contributed by atoms with van der Waals surface area (Å²) in [6, 6.07) is 23.1. The molecule has 0 saturated heterocycles. The Hall–Kier alpha value is -3.47. The smallest absolute Gasteiger partial charge is 0.339 e. The minimum atomic E-state index is -1.02. The summed E-state index contributed by atoms with van der Waals surface area (Å²) >= 11 is 0. The maximum absolute atomic E-state index is 11.7. The van der Waals surface area contributed by atoms with E-state index in [-0.39, 0.29) is 5.56 Å². The zero-order valence-corrected chi connectivity index (χ0v) is 16.0. The Kier molecular flexibility index (Phi) is 6.17. The lowest BCUT2D eigenvalue weighted by atomic mass is 10.1. The van der Waals surface area contributed by atoms with Gasteiger partial charge < -0.3 is 19.5 Å². The van der Waals surface area contributed by atoms with Crippen LogP contribution in [0.25, 0.3) is 0 Å². The molecule has 0 fully saturated rings. The number of carboxylic acid groups (broad SMARTS) is 1. The topological polar surface area (TPSA) is 59.0 Å². The summed E-state index contributed by atoms with van der Waals surface area (Å²) in [5.41, 5.74) is 3.09. The molecular formula is C23H23NO4. The summed E-state index contributed by atoms with van der Waals surface area (Å²) in [6.07, 6.45) is 0. The third kappa shape index (κ3) is 4.43. The third-order valence-electron chi connectivity index (χ3n) is 4.55. The van der Waals surface area contributed by atoms with Crippen molar-refractivity contribution in [2.75, 3.05) is 19.1 Å². The van der Waals surface area contributed by atoms with Crippen molar-refractivity contribution in [3.8, 4) is 11.5 Å². The van der Waals surface area contributed by atoms with Crippen LogP contribution in [0.3, 0.4) is 0 Å². The summed E-state index contributed by atoms with van der Waals surface area (Å²) in [6.45, 7) is 1.20. The summed E-state index contributed by atoms with van der Waals surface area (Å²) in [7, 11) is 3.12. The molecule has 28 heavy (non-hydrogen) atoms. The van der Waals surface area contributed by atoms with E-state index in [9.17, 15) is 9.90 Å². The highest BCUT2D eigenvalue weighted by Gasteiger charge is 2.17. The lowest BCUT2D eigenvalue weighted by molar-refractivity contribution is 0.0693. The number of anilines is 1. The highest BCUT2D eigenvalue weighted by atomic mass is 16.5. The molecule has 0 heterocycles. The number of nitrogens with zero attached hydrogens (tertiary/aromatic N) is 1. The van der Waals surface area contributed by atoms with Gasteiger partial charge in [0.05, 0.1) is 14.2 Å². The number of hydrogen-bond donors (Lipinski definition) is 1. The van der Waals surface area contributed by atoms with Gasteiger partial charge in [0.2, 0.25) is 0 Å². The summed E-state index contributed by atoms with van der Waals surface area (Å²) < 4.78 is 10.7. The fourth-order valence-electron chi connectivity index (χ4n) is 3.14. The van der Waals surface area contributed by atoms with Crippen molar-refractivity contribution in [2.45, 2.75) is 13.1 Å². The standard InChI is InChI=1S/C23H23NO4/c1-27-21-11-7-6-10-18(21)16-24(15-17-8-4-3-5-9-17)19-12-13-22(28-2)20(14-19)23(25)26/h3-14H,15-16H2,1-2H3,(H,25,26). The maximum Gasteiger partial charge on any atom is 0.339 e. The second kappa shape index (κ2) is 8.95. The van der Waals surface area contributed by atoms with E-state index in [1.54, 1.807) is 19.2 Å². The first kappa shape index (κ1) is 19.3. The fraction of sp³-hybridized carbons (Fsp3) is 0.174. The van der Waals surface area contributed by atoms with Crippen LogP contribution in [0.2, 0.25) is 0 Å². The normalized spacial score (nSPS) is 10.4. The lowest BCUT2D eigenvalue weighted by Crippen LogP contribution is -2.23. The van der Waals surface area contributed by atoms with E-state index < -0.39 is 5.97 Å². The second-order valence-electron chi connectivity index (χ2n) is 6.34. The number of para-hydroxylation sites is 1. The van der Waals surface area contributed by atoms with Crippen LogP contribution in [0.1, 0.15) is 21.5 Å². The molecular weight excluding hydrogens is 354 g/mol. The Morgan fingerprint density at radius 1 is 0.857 bits per heavy atom. The van der Waals surface area contributed by atoms with Crippen LogP contribution in [-0.2, 0) is 13.1 Å². The predicted octanol–water partition coefficient (Wildman–Crippen LogP) is 4.61. The number of ether oxygens (including phenoxy) is 2. The third-order valence-corrected chi connectivity index (χ3v) is 4.55. The summed E-state index contributed by atoms with van der Waals surface area (Å²) in [5, 5.41) is 9.55. The Balaban J connectivity index is 2.01. The van der Waals surface area contributed by atoms with E-state index in [0.717, 1.165) is 22.6 Å². The van der Waals surface area contributed by atoms with Crippen LogP contribution in [-0.4, -0.2) is 25.3 Å². The van der Waals surface area contributed by atoms with Gasteiger partial charge in [-0.15, -0.1) is 0 Å². The largest absolute Gasteiger partial charge is 0.496 e. The van der Waals surface area contributed by atoms with Gasteiger partial charge in [-0.2, -0.15) is 0 Å². The van der Waals surface area contributed by atoms with Gasteiger partial charge in [-0.25, -0.2) is 4.79 Å². The molecule has 0 bridgehead atoms. The molecule has 3 aromatic rings. The number of carbonyl (C=O) groups is 1. The van der Waals surface area contributed by atoms with E-state index in [1.165, 1.54) is 7.11 Å². The van der Waals surface area contributed by atoms with Crippen LogP contribution in [0, 0.1) is 0 Å². The Bertz CT molecular complexity index is 940. The maximum atomic E-state index is 11.7. The van der Waals surface area contributed by atoms with Crippen molar-refractivity contribution in [3.05, 3.63) is 89.5 Å². The summed E-state index contributed by atoms with van der Waals surface area (Å²) in [4.78, 5) is 13.8. The average Bonchev–Trinajstić information content (AvgIpc) is 2.74. The van der Waals surface area contributed by atoms with Gasteiger partial charge in [0.25, 0.3) is 0 Å². The SMILES string of the molecule is COc1ccccc1CN(Cc1ccccc1)c1ccc(OC)c(C(=O)O)c1. The number of carboxylic acids is 1. The molecule has 3 rings (SSSR count). The van der Waals surface area contributed by atoms with Gasteiger partial charge in [0.1, 0.15) is 17.1 Å². The monoisotopic (exact) mass is 377 g/mol. The van der Waals surface area contributed by atoms with Crippen LogP contribution < -0.4 is 14.4 Å². The number of aromatic carboxylic acids is 1. The average molecular weight is 377 g/mol. The van der Waals surface area contributed by atoms with Crippen molar-refractivity contribution < 1.29 is 19.4 Å². The van der Waals surface area contributed by atoms with Crippen LogP contribution in [0.4, 0.5) is 5.69 Å². The molecule has 0 aliphatic rings. The first-order valence-corrected chi connectivity index (χ1v) is 8.94. The highest BCUT2D eigenvalue weighted by Crippen LogP contribution is 2.29. The van der Waals surface area contributed by atoms with E-state index in [4.69, 9.17) is 9.47 Å². The fourth-order valence-corrected chi connectivity index (χ4v) is 3.14. The highest BCUT2D eigenvalue weighted by molar-refractivity contribution is 5.92. The molecule has 1 N–H and O–H groups in total. The van der Waals surface area contributed by atoms with Crippen molar-refractivity contribution in [2.24, 2.45) is 0 Å². The molecule has 0 atom stereocenters. The van der Waals surface area contributed by atoms with E-state index >= 15 is 0 Å². The number of methoxy groups -OCH3 is 2. The minimum absolute atomic E-state index is 0.137. The van der Waals surface area contributed by atoms with Gasteiger partial charge in [-0.1, -0.05) is 48.5 Å². The molecule has 5 heteroatoms. The molecule has 0 aliphatic carbocycles. The zero-order valence-electron chi connectivity index (χ0n) is 16.0. The quantitative estimate of drug-likeness (QED) is 0.621. The molecule has 0 saturated carbocycles. The van der Waals surface area contributed by atoms with Crippen molar-refractivity contribution in [1.82, 2.24) is 0 Å². The van der Waals surface area contributed by atoms with Gasteiger partial charge >= 0.3 is 5.97 Å². The Morgan fingerprint density at radius 3 is 2.21 bits per heavy atom. The molecule has 0 aliphatic heterocycles. The van der Waals surface area contributed by atoms with Crippen LogP contribution >= 0.6 is 0 Å². The van der Waals surface area contributed by atoms with Gasteiger partial charge in [-0.3, -0.25) is 0 Å². The van der Waals surface area contributed by atoms with Crippen LogP contribution in [0.5, 0.6) is 11.5 Å². The minimum Gasteiger partial charge on any atom is -0.496 e. The molecule has 3 aromatic carbocycles. The molecule has 0 radical (unpaired) electrons. The zero-order chi connectivity index (χ0) is 19.9. The molecule has 144 valence electrons. The predicted molar refractivity (Wildman–Crippen MR) is 109 cm³/mol. The van der Waals surface area contributed by atoms with Crippen molar-refractivity contribution >= 4 is 11.7 Å². The van der Waals surface area contributed by atoms with E-state index in [1.807, 2.05) is 48.5 Å². The number of benzene rings is 3. The van der Waals surface area contributed by atoms with Crippen LogP contribution in [0.15, 0.2) is 72.8 Å². The number of rotatable bonds is 8. The van der Waals surface area contributed by atoms with E-state index in [0.29, 0.717) is 18.8 Å². The van der Waals surface area contributed by atoms with Gasteiger partial charge in [-0.05, 0) is 29.8 Å². The lowest BCUT2D eigenvalue weighted by Gasteiger charge is -2.26. The first-order valence-electron chi connectivity index (χ1n) is 8.94. The molecule has 0 amide bonds. The van der Waals surface area contributed by atoms with Crippen molar-refractivity contribution in [3.63, 3.8) is 0 Å². The number of hydrogen-bond acceptors (Lipinski definition) is 4. The summed E-state index contributed by atoms with van der Waals surface area (Å²) in [5.74, 6) is 0.122. The molecule has 5 nitrogen and oxygen atoms in total. The van der Waals surface area contributed by atoms with Crippen molar-refractivity contribution in [1.29, 1.82) is 0 Å². The molecule has 0 unspecified atom stereocenters. The van der Waals surface area contributed by atoms with Gasteiger partial charge in [0, 0.05) is 24.3 Å².